The predicted octanol–water partition coefficient (Wildman–Crippen LogP) is 3.36. The van der Waals surface area contributed by atoms with E-state index in [-0.39, 0.29) is 18.1 Å². The zero-order chi connectivity index (χ0) is 20.4. The maximum absolute atomic E-state index is 12.7. The number of halogens is 1. The number of amides is 1. The summed E-state index contributed by atoms with van der Waals surface area (Å²) in [6.45, 7) is 3.43. The third-order valence-corrected chi connectivity index (χ3v) is 4.37. The number of ether oxygens (including phenoxy) is 1. The maximum Gasteiger partial charge on any atom is 0.390 e. The molecule has 0 saturated carbocycles. The summed E-state index contributed by atoms with van der Waals surface area (Å²) in [5, 5.41) is 21.7. The number of methoxy groups -OCH3 is 1. The number of hydrogen-bond acceptors (Lipinski definition) is 7. The van der Waals surface area contributed by atoms with Crippen molar-refractivity contribution in [3.8, 4) is 5.75 Å². The first-order chi connectivity index (χ1) is 13.3. The Hall–Kier alpha value is -3.40. The minimum Gasteiger partial charge on any atom is -0.495 e. The van der Waals surface area contributed by atoms with Crippen LogP contribution in [-0.2, 0) is 6.54 Å². The van der Waals surface area contributed by atoms with E-state index in [1.54, 1.807) is 32.0 Å². The van der Waals surface area contributed by atoms with Gasteiger partial charge in [0, 0.05) is 5.69 Å². The molecule has 0 bridgehead atoms. The van der Waals surface area contributed by atoms with Crippen LogP contribution in [0.4, 0.5) is 11.5 Å². The van der Waals surface area contributed by atoms with Crippen molar-refractivity contribution < 1.29 is 19.0 Å². The molecule has 2 heterocycles. The van der Waals surface area contributed by atoms with Crippen molar-refractivity contribution in [3.63, 3.8) is 0 Å². The molecule has 0 aliphatic carbocycles. The van der Waals surface area contributed by atoms with Gasteiger partial charge in [0.05, 0.1) is 41.1 Å². The van der Waals surface area contributed by atoms with E-state index in [9.17, 15) is 14.9 Å². The second kappa shape index (κ2) is 7.69. The molecular weight excluding hydrogens is 390 g/mol. The summed E-state index contributed by atoms with van der Waals surface area (Å²) in [7, 11) is 1.49. The summed E-state index contributed by atoms with van der Waals surface area (Å²) in [6.07, 6.45) is 0. The van der Waals surface area contributed by atoms with Crippen LogP contribution in [0.3, 0.4) is 0 Å². The van der Waals surface area contributed by atoms with Gasteiger partial charge in [-0.1, -0.05) is 16.8 Å². The molecule has 2 aromatic heterocycles. The van der Waals surface area contributed by atoms with Gasteiger partial charge in [0.25, 0.3) is 5.91 Å². The van der Waals surface area contributed by atoms with Crippen LogP contribution in [0.2, 0.25) is 5.02 Å². The molecule has 0 saturated heterocycles. The van der Waals surface area contributed by atoms with Gasteiger partial charge in [0.2, 0.25) is 0 Å². The fraction of sp³-hybridized carbons (Fsp3) is 0.235. The Labute approximate surface area is 164 Å². The van der Waals surface area contributed by atoms with Crippen LogP contribution in [0.5, 0.6) is 5.75 Å². The number of aryl methyl sites for hydroxylation is 2. The Balaban J connectivity index is 1.85. The van der Waals surface area contributed by atoms with E-state index in [4.69, 9.17) is 20.9 Å². The van der Waals surface area contributed by atoms with Gasteiger partial charge in [0.1, 0.15) is 11.5 Å². The highest BCUT2D eigenvalue weighted by molar-refractivity contribution is 6.32. The largest absolute Gasteiger partial charge is 0.495 e. The van der Waals surface area contributed by atoms with Gasteiger partial charge in [-0.05, 0) is 37.0 Å². The Morgan fingerprint density at radius 2 is 2.14 bits per heavy atom. The monoisotopic (exact) mass is 405 g/mol. The van der Waals surface area contributed by atoms with Crippen molar-refractivity contribution in [1.29, 1.82) is 0 Å². The van der Waals surface area contributed by atoms with Crippen LogP contribution in [0, 0.1) is 24.0 Å². The van der Waals surface area contributed by atoms with Gasteiger partial charge >= 0.3 is 5.82 Å². The first-order valence-corrected chi connectivity index (χ1v) is 8.46. The van der Waals surface area contributed by atoms with Gasteiger partial charge in [-0.15, -0.1) is 0 Å². The third-order valence-electron chi connectivity index (χ3n) is 4.07. The summed E-state index contributed by atoms with van der Waals surface area (Å²) in [5.41, 5.74) is 1.55. The number of rotatable bonds is 6. The minimum atomic E-state index is -0.578. The van der Waals surface area contributed by atoms with Gasteiger partial charge < -0.3 is 24.7 Å². The van der Waals surface area contributed by atoms with E-state index in [1.807, 2.05) is 0 Å². The number of carbonyl (C=O) groups is 1. The first-order valence-electron chi connectivity index (χ1n) is 8.09. The molecule has 0 unspecified atom stereocenters. The van der Waals surface area contributed by atoms with Crippen molar-refractivity contribution in [2.24, 2.45) is 0 Å². The fourth-order valence-corrected chi connectivity index (χ4v) is 2.84. The van der Waals surface area contributed by atoms with Gasteiger partial charge in [-0.2, -0.15) is 4.68 Å². The lowest BCUT2D eigenvalue weighted by Crippen LogP contribution is -2.16. The Morgan fingerprint density at radius 1 is 1.39 bits per heavy atom. The van der Waals surface area contributed by atoms with E-state index >= 15 is 0 Å². The van der Waals surface area contributed by atoms with Crippen LogP contribution in [0.15, 0.2) is 28.8 Å². The summed E-state index contributed by atoms with van der Waals surface area (Å²) in [5.74, 6) is 0.113. The lowest BCUT2D eigenvalue weighted by Gasteiger charge is -2.08. The zero-order valence-electron chi connectivity index (χ0n) is 15.2. The maximum atomic E-state index is 12.7. The molecule has 3 aromatic rings. The summed E-state index contributed by atoms with van der Waals surface area (Å²) in [4.78, 5) is 23.0. The molecule has 0 aliphatic heterocycles. The molecule has 0 radical (unpaired) electrons. The van der Waals surface area contributed by atoms with Crippen molar-refractivity contribution in [2.45, 2.75) is 20.4 Å². The van der Waals surface area contributed by atoms with Crippen LogP contribution in [0.1, 0.15) is 27.5 Å². The highest BCUT2D eigenvalue weighted by Gasteiger charge is 2.24. The molecule has 0 spiro atoms. The normalized spacial score (nSPS) is 10.7. The van der Waals surface area contributed by atoms with E-state index in [0.29, 0.717) is 33.5 Å². The molecule has 1 amide bonds. The molecule has 10 nitrogen and oxygen atoms in total. The molecule has 1 N–H and O–H groups in total. The smallest absolute Gasteiger partial charge is 0.390 e. The van der Waals surface area contributed by atoms with Crippen molar-refractivity contribution in [1.82, 2.24) is 14.9 Å². The van der Waals surface area contributed by atoms with E-state index < -0.39 is 10.8 Å². The standard InChI is InChI=1S/C17H16ClN5O5/c1-9-6-15(23(25)26)20-22(9)8-12-10(2)28-21-16(12)17(24)19-11-4-5-14(27-3)13(18)7-11/h4-7H,8H2,1-3H3,(H,19,24). The molecule has 0 aliphatic rings. The second-order valence-corrected chi connectivity index (χ2v) is 6.34. The summed E-state index contributed by atoms with van der Waals surface area (Å²) >= 11 is 6.07. The van der Waals surface area contributed by atoms with Crippen LogP contribution in [0.25, 0.3) is 0 Å². The number of hydrogen-bond donors (Lipinski definition) is 1. The highest BCUT2D eigenvalue weighted by atomic mass is 35.5. The predicted molar refractivity (Wildman–Crippen MR) is 99.9 cm³/mol. The van der Waals surface area contributed by atoms with Crippen LogP contribution in [-0.4, -0.2) is 32.9 Å². The lowest BCUT2D eigenvalue weighted by molar-refractivity contribution is -0.389. The molecule has 146 valence electrons. The Bertz CT molecular complexity index is 1060. The van der Waals surface area contributed by atoms with Gasteiger partial charge in [-0.3, -0.25) is 4.79 Å². The number of nitrogens with zero attached hydrogens (tertiary/aromatic N) is 4. The minimum absolute atomic E-state index is 0.0574. The zero-order valence-corrected chi connectivity index (χ0v) is 16.0. The Morgan fingerprint density at radius 3 is 2.75 bits per heavy atom. The molecule has 0 fully saturated rings. The SMILES string of the molecule is COc1ccc(NC(=O)c2noc(C)c2Cn2nc([N+](=O)[O-])cc2C)cc1Cl. The first kappa shape index (κ1) is 19.4. The Kier molecular flexibility index (Phi) is 5.32. The molecule has 3 rings (SSSR count). The van der Waals surface area contributed by atoms with Gasteiger partial charge in [0.15, 0.2) is 5.69 Å². The van der Waals surface area contributed by atoms with Gasteiger partial charge in [-0.25, -0.2) is 0 Å². The van der Waals surface area contributed by atoms with E-state index in [1.165, 1.54) is 17.9 Å². The number of nitro groups is 1. The fourth-order valence-electron chi connectivity index (χ4n) is 2.58. The number of nitrogens with one attached hydrogen (secondary N) is 1. The molecule has 28 heavy (non-hydrogen) atoms. The summed E-state index contributed by atoms with van der Waals surface area (Å²) in [6, 6.07) is 6.16. The topological polar surface area (TPSA) is 125 Å². The second-order valence-electron chi connectivity index (χ2n) is 5.93. The third kappa shape index (κ3) is 3.81. The average molecular weight is 406 g/mol. The molecular formula is C17H16ClN5O5. The highest BCUT2D eigenvalue weighted by Crippen LogP contribution is 2.28. The number of anilines is 1. The van der Waals surface area contributed by atoms with Crippen molar-refractivity contribution in [3.05, 3.63) is 62.1 Å². The molecule has 1 aromatic carbocycles. The molecule has 11 heteroatoms. The number of benzene rings is 1. The van der Waals surface area contributed by atoms with Crippen molar-refractivity contribution in [2.75, 3.05) is 12.4 Å². The van der Waals surface area contributed by atoms with Crippen LogP contribution >= 0.6 is 11.6 Å². The number of aromatic nitrogens is 3. The lowest BCUT2D eigenvalue weighted by atomic mass is 10.1. The number of carbonyl (C=O) groups excluding carboxylic acids is 1. The van der Waals surface area contributed by atoms with Crippen molar-refractivity contribution >= 4 is 29.0 Å². The average Bonchev–Trinajstić information content (AvgIpc) is 3.19. The summed E-state index contributed by atoms with van der Waals surface area (Å²) < 4.78 is 11.6. The van der Waals surface area contributed by atoms with E-state index in [2.05, 4.69) is 15.6 Å². The van der Waals surface area contributed by atoms with Crippen LogP contribution < -0.4 is 10.1 Å². The van der Waals surface area contributed by atoms with E-state index in [0.717, 1.165) is 0 Å². The molecule has 0 atom stereocenters. The quantitative estimate of drug-likeness (QED) is 0.492.